The van der Waals surface area contributed by atoms with Crippen LogP contribution in [-0.2, 0) is 14.8 Å². The van der Waals surface area contributed by atoms with Crippen molar-refractivity contribution in [1.82, 2.24) is 19.1 Å². The minimum Gasteiger partial charge on any atom is -0.497 e. The van der Waals surface area contributed by atoms with Crippen molar-refractivity contribution in [1.29, 1.82) is 0 Å². The third-order valence-electron chi connectivity index (χ3n) is 6.44. The first-order valence-electron chi connectivity index (χ1n) is 12.5. The van der Waals surface area contributed by atoms with E-state index in [-0.39, 0.29) is 23.8 Å². The SMILES string of the molecule is COc1ccc(C(=O)C(C)Sc2nnc(-c3cccc(S(=O)(=O)N4CCOCC4)c3)n2-c2ccc(F)cc2)cc1. The van der Waals surface area contributed by atoms with Crippen LogP contribution in [0.2, 0.25) is 0 Å². The number of hydrogen-bond donors (Lipinski definition) is 0. The molecule has 208 valence electrons. The number of methoxy groups -OCH3 is 1. The molecule has 1 saturated heterocycles. The Balaban J connectivity index is 1.51. The molecule has 12 heteroatoms. The lowest BCUT2D eigenvalue weighted by atomic mass is 10.1. The number of thioether (sulfide) groups is 1. The summed E-state index contributed by atoms with van der Waals surface area (Å²) in [6.07, 6.45) is 0. The number of sulfonamides is 1. The lowest BCUT2D eigenvalue weighted by Crippen LogP contribution is -2.40. The molecule has 1 atom stereocenters. The maximum absolute atomic E-state index is 13.8. The summed E-state index contributed by atoms with van der Waals surface area (Å²) in [6.45, 7) is 3.01. The predicted molar refractivity (Wildman–Crippen MR) is 149 cm³/mol. The van der Waals surface area contributed by atoms with Gasteiger partial charge in [-0.3, -0.25) is 9.36 Å². The minimum absolute atomic E-state index is 0.110. The standard InChI is InChI=1S/C28H27FN4O5S2/c1-19(26(34)20-6-12-24(37-2)13-7-20)39-28-31-30-27(33(28)23-10-8-22(29)9-11-23)21-4-3-5-25(18-21)40(35,36)32-14-16-38-17-15-32/h3-13,18-19H,14-17H2,1-2H3. The van der Waals surface area contributed by atoms with Crippen LogP contribution in [0.5, 0.6) is 5.75 Å². The molecule has 1 unspecified atom stereocenters. The Morgan fingerprint density at radius 2 is 1.73 bits per heavy atom. The number of rotatable bonds is 9. The summed E-state index contributed by atoms with van der Waals surface area (Å²) in [5, 5.41) is 8.59. The van der Waals surface area contributed by atoms with Crippen molar-refractivity contribution in [3.63, 3.8) is 0 Å². The summed E-state index contributed by atoms with van der Waals surface area (Å²) in [4.78, 5) is 13.3. The van der Waals surface area contributed by atoms with Gasteiger partial charge in [0.25, 0.3) is 0 Å². The van der Waals surface area contributed by atoms with Gasteiger partial charge in [0.15, 0.2) is 16.8 Å². The van der Waals surface area contributed by atoms with Gasteiger partial charge in [-0.2, -0.15) is 4.31 Å². The fourth-order valence-electron chi connectivity index (χ4n) is 4.29. The molecule has 0 radical (unpaired) electrons. The Kier molecular flexibility index (Phi) is 8.31. The number of carbonyl (C=O) groups excluding carboxylic acids is 1. The predicted octanol–water partition coefficient (Wildman–Crippen LogP) is 4.47. The van der Waals surface area contributed by atoms with Gasteiger partial charge in [0.1, 0.15) is 11.6 Å². The highest BCUT2D eigenvalue weighted by Crippen LogP contribution is 2.32. The van der Waals surface area contributed by atoms with Gasteiger partial charge < -0.3 is 9.47 Å². The first kappa shape index (κ1) is 28.0. The van der Waals surface area contributed by atoms with Crippen molar-refractivity contribution in [2.24, 2.45) is 0 Å². The number of ketones is 1. The van der Waals surface area contributed by atoms with Crippen LogP contribution in [0.3, 0.4) is 0 Å². The van der Waals surface area contributed by atoms with E-state index < -0.39 is 21.1 Å². The van der Waals surface area contributed by atoms with Crippen molar-refractivity contribution in [2.45, 2.75) is 22.2 Å². The molecule has 1 fully saturated rings. The number of benzene rings is 3. The topological polar surface area (TPSA) is 104 Å². The smallest absolute Gasteiger partial charge is 0.243 e. The fraction of sp³-hybridized carbons (Fsp3) is 0.250. The number of ether oxygens (including phenoxy) is 2. The molecule has 9 nitrogen and oxygen atoms in total. The Morgan fingerprint density at radius 3 is 2.40 bits per heavy atom. The highest BCUT2D eigenvalue weighted by molar-refractivity contribution is 8.00. The number of hydrogen-bond acceptors (Lipinski definition) is 8. The maximum atomic E-state index is 13.8. The van der Waals surface area contributed by atoms with E-state index in [1.807, 2.05) is 0 Å². The summed E-state index contributed by atoms with van der Waals surface area (Å²) in [5.41, 5.74) is 1.59. The van der Waals surface area contributed by atoms with E-state index in [0.717, 1.165) is 0 Å². The number of nitrogens with zero attached hydrogens (tertiary/aromatic N) is 4. The number of carbonyl (C=O) groups is 1. The van der Waals surface area contributed by atoms with Gasteiger partial charge >= 0.3 is 0 Å². The Morgan fingerprint density at radius 1 is 1.02 bits per heavy atom. The molecular weight excluding hydrogens is 555 g/mol. The van der Waals surface area contributed by atoms with Crippen LogP contribution in [0.15, 0.2) is 82.8 Å². The Bertz CT molecular complexity index is 1600. The number of Topliss-reactive ketones (excluding diaryl/α,β-unsaturated/α-hetero) is 1. The molecule has 1 aliphatic heterocycles. The third-order valence-corrected chi connectivity index (χ3v) is 9.38. The van der Waals surface area contributed by atoms with Crippen LogP contribution in [-0.4, -0.2) is 71.9 Å². The molecule has 0 saturated carbocycles. The van der Waals surface area contributed by atoms with Gasteiger partial charge in [0.2, 0.25) is 10.0 Å². The second-order valence-corrected chi connectivity index (χ2v) is 12.3. The molecule has 4 aromatic rings. The van der Waals surface area contributed by atoms with Crippen molar-refractivity contribution >= 4 is 27.6 Å². The normalized spacial score (nSPS) is 15.1. The van der Waals surface area contributed by atoms with Crippen LogP contribution in [0.1, 0.15) is 17.3 Å². The van der Waals surface area contributed by atoms with Crippen LogP contribution >= 0.6 is 11.8 Å². The molecule has 0 spiro atoms. The zero-order valence-electron chi connectivity index (χ0n) is 21.9. The van der Waals surface area contributed by atoms with Gasteiger partial charge in [0, 0.05) is 29.9 Å². The molecule has 0 aliphatic carbocycles. The fourth-order valence-corrected chi connectivity index (χ4v) is 6.69. The van der Waals surface area contributed by atoms with Crippen molar-refractivity contribution in [2.75, 3.05) is 33.4 Å². The molecule has 0 bridgehead atoms. The minimum atomic E-state index is -3.75. The lowest BCUT2D eigenvalue weighted by molar-refractivity contribution is 0.0730. The van der Waals surface area contributed by atoms with Crippen LogP contribution in [0.25, 0.3) is 17.1 Å². The van der Waals surface area contributed by atoms with Gasteiger partial charge in [-0.25, -0.2) is 12.8 Å². The molecule has 0 N–H and O–H groups in total. The first-order valence-corrected chi connectivity index (χ1v) is 14.8. The molecule has 40 heavy (non-hydrogen) atoms. The zero-order chi connectivity index (χ0) is 28.3. The van der Waals surface area contributed by atoms with Crippen LogP contribution < -0.4 is 4.74 Å². The van der Waals surface area contributed by atoms with Crippen molar-refractivity contribution in [3.05, 3.63) is 84.2 Å². The number of morpholine rings is 1. The van der Waals surface area contributed by atoms with Crippen molar-refractivity contribution in [3.8, 4) is 22.8 Å². The molecule has 0 amide bonds. The summed E-state index contributed by atoms with van der Waals surface area (Å²) < 4.78 is 54.0. The van der Waals surface area contributed by atoms with Crippen LogP contribution in [0, 0.1) is 5.82 Å². The highest BCUT2D eigenvalue weighted by Gasteiger charge is 2.28. The van der Waals surface area contributed by atoms with Crippen molar-refractivity contribution < 1.29 is 27.1 Å². The number of aromatic nitrogens is 3. The second kappa shape index (κ2) is 11.9. The van der Waals surface area contributed by atoms with E-state index in [1.54, 1.807) is 73.2 Å². The maximum Gasteiger partial charge on any atom is 0.243 e. The van der Waals surface area contributed by atoms with Gasteiger partial charge in [-0.15, -0.1) is 10.2 Å². The Labute approximate surface area is 236 Å². The van der Waals surface area contributed by atoms with E-state index in [2.05, 4.69) is 10.2 Å². The van der Waals surface area contributed by atoms with Gasteiger partial charge in [-0.05, 0) is 67.6 Å². The first-order chi connectivity index (χ1) is 19.3. The summed E-state index contributed by atoms with van der Waals surface area (Å²) >= 11 is 1.20. The van der Waals surface area contributed by atoms with E-state index >= 15 is 0 Å². The average Bonchev–Trinajstić information content (AvgIpc) is 3.41. The largest absolute Gasteiger partial charge is 0.497 e. The summed E-state index contributed by atoms with van der Waals surface area (Å²) in [6, 6.07) is 19.1. The lowest BCUT2D eigenvalue weighted by Gasteiger charge is -2.26. The quantitative estimate of drug-likeness (QED) is 0.210. The molecule has 1 aliphatic rings. The van der Waals surface area contributed by atoms with E-state index in [9.17, 15) is 17.6 Å². The van der Waals surface area contributed by atoms with Crippen LogP contribution in [0.4, 0.5) is 4.39 Å². The summed E-state index contributed by atoms with van der Waals surface area (Å²) in [5.74, 6) is 0.489. The molecule has 1 aromatic heterocycles. The zero-order valence-corrected chi connectivity index (χ0v) is 23.5. The average molecular weight is 583 g/mol. The molecule has 5 rings (SSSR count). The second-order valence-electron chi connectivity index (χ2n) is 9.02. The summed E-state index contributed by atoms with van der Waals surface area (Å²) in [7, 11) is -2.19. The monoisotopic (exact) mass is 582 g/mol. The Hall–Kier alpha value is -3.58. The number of halogens is 1. The van der Waals surface area contributed by atoms with Gasteiger partial charge in [0.05, 0.1) is 30.5 Å². The molecular formula is C28H27FN4O5S2. The van der Waals surface area contributed by atoms with E-state index in [0.29, 0.717) is 46.8 Å². The van der Waals surface area contributed by atoms with E-state index in [1.165, 1.54) is 34.3 Å². The van der Waals surface area contributed by atoms with E-state index in [4.69, 9.17) is 9.47 Å². The van der Waals surface area contributed by atoms with Gasteiger partial charge in [-0.1, -0.05) is 23.9 Å². The molecule has 3 aromatic carbocycles. The molecule has 2 heterocycles. The highest BCUT2D eigenvalue weighted by atomic mass is 32.2. The third kappa shape index (κ3) is 5.80.